The molecule has 1 N–H and O–H groups in total. The summed E-state index contributed by atoms with van der Waals surface area (Å²) in [6, 6.07) is 12.0. The Hall–Kier alpha value is -2.61. The molecule has 1 aromatic heterocycles. The molecule has 1 heterocycles. The molecular weight excluding hydrogens is 354 g/mol. The van der Waals surface area contributed by atoms with Gasteiger partial charge in [0.25, 0.3) is 0 Å². The minimum Gasteiger partial charge on any atom is -0.491 e. The van der Waals surface area contributed by atoms with E-state index in [4.69, 9.17) is 4.74 Å². The number of ether oxygens (including phenoxy) is 1. The van der Waals surface area contributed by atoms with Crippen molar-refractivity contribution < 1.29 is 17.9 Å². The largest absolute Gasteiger partial charge is 0.491 e. The highest BCUT2D eigenvalue weighted by Gasteiger charge is 2.21. The molecule has 1 amide bonds. The minimum absolute atomic E-state index is 0.0178. The lowest BCUT2D eigenvalue weighted by molar-refractivity contribution is -0.119. The molecule has 2 aromatic rings. The number of carbonyl (C=O) groups is 1. The number of rotatable bonds is 8. The predicted molar refractivity (Wildman–Crippen MR) is 100 cm³/mol. The topological polar surface area (TPSA) is 88.6 Å². The van der Waals surface area contributed by atoms with Gasteiger partial charge in [0.1, 0.15) is 12.3 Å². The maximum atomic E-state index is 12.2. The number of amides is 1. The molecule has 2 rings (SSSR count). The quantitative estimate of drug-likeness (QED) is 0.760. The van der Waals surface area contributed by atoms with Gasteiger partial charge >= 0.3 is 0 Å². The van der Waals surface area contributed by atoms with E-state index in [0.717, 1.165) is 10.6 Å². The van der Waals surface area contributed by atoms with Crippen LogP contribution in [0.4, 0.5) is 5.69 Å². The fourth-order valence-electron chi connectivity index (χ4n) is 2.24. The molecular formula is C18H23N3O4S. The Labute approximate surface area is 154 Å². The molecule has 1 aromatic carbocycles. The number of aromatic nitrogens is 1. The maximum Gasteiger partial charge on any atom is 0.241 e. The van der Waals surface area contributed by atoms with Crippen LogP contribution in [0.15, 0.2) is 48.7 Å². The van der Waals surface area contributed by atoms with Crippen LogP contribution in [0, 0.1) is 0 Å². The second-order valence-corrected chi connectivity index (χ2v) is 7.93. The molecule has 0 aliphatic rings. The van der Waals surface area contributed by atoms with Gasteiger partial charge in [0.2, 0.25) is 15.9 Å². The second kappa shape index (κ2) is 8.66. The van der Waals surface area contributed by atoms with Crippen LogP contribution in [-0.2, 0) is 21.4 Å². The summed E-state index contributed by atoms with van der Waals surface area (Å²) in [5.74, 6) is 0.223. The molecule has 0 saturated carbocycles. The summed E-state index contributed by atoms with van der Waals surface area (Å²) in [5, 5.41) is 2.68. The highest BCUT2D eigenvalue weighted by Crippen LogP contribution is 2.22. The molecule has 0 atom stereocenters. The van der Waals surface area contributed by atoms with E-state index in [-0.39, 0.29) is 19.2 Å². The molecule has 0 spiro atoms. The number of hydrogen-bond acceptors (Lipinski definition) is 5. The Morgan fingerprint density at radius 3 is 2.42 bits per heavy atom. The third-order valence-corrected chi connectivity index (χ3v) is 4.52. The number of hydrogen-bond donors (Lipinski definition) is 1. The van der Waals surface area contributed by atoms with E-state index in [1.807, 2.05) is 19.9 Å². The molecule has 0 aliphatic heterocycles. The monoisotopic (exact) mass is 377 g/mol. The van der Waals surface area contributed by atoms with Crippen molar-refractivity contribution in [3.05, 3.63) is 54.4 Å². The number of anilines is 1. The first-order valence-electron chi connectivity index (χ1n) is 8.17. The van der Waals surface area contributed by atoms with Crippen molar-refractivity contribution in [1.29, 1.82) is 0 Å². The van der Waals surface area contributed by atoms with Gasteiger partial charge in [0.05, 0.1) is 30.3 Å². The summed E-state index contributed by atoms with van der Waals surface area (Å²) >= 11 is 0. The molecule has 140 valence electrons. The zero-order valence-corrected chi connectivity index (χ0v) is 15.9. The number of nitrogens with one attached hydrogen (secondary N) is 1. The molecule has 0 unspecified atom stereocenters. The van der Waals surface area contributed by atoms with Crippen LogP contribution in [0.1, 0.15) is 19.5 Å². The van der Waals surface area contributed by atoms with Crippen LogP contribution in [-0.4, -0.2) is 38.2 Å². The van der Waals surface area contributed by atoms with Gasteiger partial charge in [-0.1, -0.05) is 6.07 Å². The van der Waals surface area contributed by atoms with E-state index in [1.54, 1.807) is 42.6 Å². The van der Waals surface area contributed by atoms with Crippen molar-refractivity contribution in [2.24, 2.45) is 0 Å². The summed E-state index contributed by atoms with van der Waals surface area (Å²) in [5.41, 5.74) is 1.10. The van der Waals surface area contributed by atoms with Gasteiger partial charge in [-0.15, -0.1) is 0 Å². The van der Waals surface area contributed by atoms with Crippen LogP contribution in [0.25, 0.3) is 0 Å². The van der Waals surface area contributed by atoms with E-state index in [1.165, 1.54) is 0 Å². The summed E-state index contributed by atoms with van der Waals surface area (Å²) in [6.45, 7) is 3.74. The average Bonchev–Trinajstić information content (AvgIpc) is 2.58. The molecule has 0 radical (unpaired) electrons. The van der Waals surface area contributed by atoms with Gasteiger partial charge in [-0.2, -0.15) is 0 Å². The molecule has 8 heteroatoms. The normalized spacial score (nSPS) is 11.2. The van der Waals surface area contributed by atoms with Crippen LogP contribution < -0.4 is 14.4 Å². The van der Waals surface area contributed by atoms with Crippen LogP contribution in [0.3, 0.4) is 0 Å². The van der Waals surface area contributed by atoms with Crippen LogP contribution in [0.5, 0.6) is 5.75 Å². The number of carbonyl (C=O) groups excluding carboxylic acids is 1. The molecule has 0 bridgehead atoms. The smallest absolute Gasteiger partial charge is 0.241 e. The Kier molecular flexibility index (Phi) is 6.57. The lowest BCUT2D eigenvalue weighted by Crippen LogP contribution is -2.40. The summed E-state index contributed by atoms with van der Waals surface area (Å²) in [6.07, 6.45) is 2.71. The molecule has 26 heavy (non-hydrogen) atoms. The fourth-order valence-corrected chi connectivity index (χ4v) is 3.10. The number of nitrogens with zero attached hydrogens (tertiary/aromatic N) is 2. The van der Waals surface area contributed by atoms with Gasteiger partial charge in [0.15, 0.2) is 0 Å². The summed E-state index contributed by atoms with van der Waals surface area (Å²) < 4.78 is 30.8. The highest BCUT2D eigenvalue weighted by molar-refractivity contribution is 7.92. The summed E-state index contributed by atoms with van der Waals surface area (Å²) in [4.78, 5) is 16.3. The lowest BCUT2D eigenvalue weighted by atomic mass is 10.3. The van der Waals surface area contributed by atoms with Crippen molar-refractivity contribution >= 4 is 21.6 Å². The summed E-state index contributed by atoms with van der Waals surface area (Å²) in [7, 11) is -3.62. The van der Waals surface area contributed by atoms with E-state index < -0.39 is 15.9 Å². The zero-order valence-electron chi connectivity index (χ0n) is 15.0. The fraction of sp³-hybridized carbons (Fsp3) is 0.333. The highest BCUT2D eigenvalue weighted by atomic mass is 32.2. The predicted octanol–water partition coefficient (Wildman–Crippen LogP) is 1.95. The number of sulfonamides is 1. The SMILES string of the molecule is CC(C)Oc1ccc(N(CC(=O)NCc2ccccn2)S(C)(=O)=O)cc1. The van der Waals surface area contributed by atoms with E-state index in [2.05, 4.69) is 10.3 Å². The van der Waals surface area contributed by atoms with Crippen LogP contribution in [0.2, 0.25) is 0 Å². The minimum atomic E-state index is -3.62. The Balaban J connectivity index is 2.06. The van der Waals surface area contributed by atoms with Crippen molar-refractivity contribution in [1.82, 2.24) is 10.3 Å². The van der Waals surface area contributed by atoms with E-state index in [9.17, 15) is 13.2 Å². The first-order valence-corrected chi connectivity index (χ1v) is 10.0. The van der Waals surface area contributed by atoms with Gasteiger partial charge in [-0.25, -0.2) is 8.42 Å². The molecule has 0 fully saturated rings. The molecule has 7 nitrogen and oxygen atoms in total. The number of benzene rings is 1. The van der Waals surface area contributed by atoms with Gasteiger partial charge in [-0.3, -0.25) is 14.1 Å². The maximum absolute atomic E-state index is 12.2. The van der Waals surface area contributed by atoms with Crippen molar-refractivity contribution in [3.63, 3.8) is 0 Å². The van der Waals surface area contributed by atoms with Crippen molar-refractivity contribution in [2.75, 3.05) is 17.1 Å². The first-order chi connectivity index (χ1) is 12.3. The zero-order chi connectivity index (χ0) is 19.2. The molecule has 0 aliphatic carbocycles. The van der Waals surface area contributed by atoms with Gasteiger partial charge in [0, 0.05) is 6.20 Å². The standard InChI is InChI=1S/C18H23N3O4S/c1-14(2)25-17-9-7-16(8-10-17)21(26(3,23)24)13-18(22)20-12-15-6-4-5-11-19-15/h4-11,14H,12-13H2,1-3H3,(H,20,22). The van der Waals surface area contributed by atoms with Crippen LogP contribution >= 0.6 is 0 Å². The van der Waals surface area contributed by atoms with Crippen molar-refractivity contribution in [3.8, 4) is 5.75 Å². The lowest BCUT2D eigenvalue weighted by Gasteiger charge is -2.22. The number of pyridine rings is 1. The average molecular weight is 377 g/mol. The van der Waals surface area contributed by atoms with Crippen molar-refractivity contribution in [2.45, 2.75) is 26.5 Å². The van der Waals surface area contributed by atoms with Gasteiger partial charge in [-0.05, 0) is 50.2 Å². The third-order valence-electron chi connectivity index (χ3n) is 3.38. The van der Waals surface area contributed by atoms with E-state index >= 15 is 0 Å². The van der Waals surface area contributed by atoms with Gasteiger partial charge < -0.3 is 10.1 Å². The Morgan fingerprint density at radius 1 is 1.19 bits per heavy atom. The third kappa shape index (κ3) is 6.03. The first kappa shape index (κ1) is 19.7. The second-order valence-electron chi connectivity index (χ2n) is 6.03. The Morgan fingerprint density at radius 2 is 1.88 bits per heavy atom. The Bertz CT molecular complexity index is 821. The molecule has 0 saturated heterocycles. The van der Waals surface area contributed by atoms with E-state index in [0.29, 0.717) is 17.1 Å².